The molecule has 14 heavy (non-hydrogen) atoms. The van der Waals surface area contributed by atoms with Crippen LogP contribution < -0.4 is 10.6 Å². The highest BCUT2D eigenvalue weighted by Gasteiger charge is 2.28. The molecule has 1 unspecified atom stereocenters. The Hall–Kier alpha value is -1.36. The number of H-pyrrole nitrogens is 1. The highest BCUT2D eigenvalue weighted by Crippen LogP contribution is 2.16. The van der Waals surface area contributed by atoms with Crippen molar-refractivity contribution in [3.8, 4) is 0 Å². The first-order chi connectivity index (χ1) is 6.77. The number of carbonyl (C=O) groups excluding carboxylic acids is 1. The predicted octanol–water partition coefficient (Wildman–Crippen LogP) is 0.204. The number of amides is 1. The van der Waals surface area contributed by atoms with Gasteiger partial charge in [-0.3, -0.25) is 10.1 Å². The molecular weight excluding hydrogens is 180 g/mol. The maximum Gasteiger partial charge on any atom is 0.229 e. The average Bonchev–Trinajstić information content (AvgIpc) is 2.53. The number of rotatable bonds is 3. The van der Waals surface area contributed by atoms with Crippen molar-refractivity contribution in [2.75, 3.05) is 18.4 Å². The van der Waals surface area contributed by atoms with Gasteiger partial charge in [0.05, 0.1) is 0 Å². The topological polar surface area (TPSA) is 69.8 Å². The van der Waals surface area contributed by atoms with E-state index in [-0.39, 0.29) is 11.8 Å². The fraction of sp³-hybridized carbons (Fsp3) is 0.556. The molecule has 3 N–H and O–H groups in total. The normalized spacial score (nSPS) is 18.6. The van der Waals surface area contributed by atoms with Crippen LogP contribution in [0.1, 0.15) is 6.92 Å². The molecule has 0 bridgehead atoms. The van der Waals surface area contributed by atoms with Crippen LogP contribution in [0.4, 0.5) is 5.95 Å². The summed E-state index contributed by atoms with van der Waals surface area (Å²) in [5.41, 5.74) is 0. The maximum atomic E-state index is 11.6. The number of hydrogen-bond acceptors (Lipinski definition) is 3. The van der Waals surface area contributed by atoms with Crippen molar-refractivity contribution < 1.29 is 4.79 Å². The summed E-state index contributed by atoms with van der Waals surface area (Å²) < 4.78 is 0. The molecule has 0 radical (unpaired) electrons. The molecule has 2 heterocycles. The first-order valence-electron chi connectivity index (χ1n) is 4.78. The molecule has 5 heteroatoms. The van der Waals surface area contributed by atoms with E-state index in [1.54, 1.807) is 12.4 Å². The molecule has 1 saturated heterocycles. The van der Waals surface area contributed by atoms with Gasteiger partial charge in [-0.15, -0.1) is 0 Å². The Balaban J connectivity index is 1.88. The van der Waals surface area contributed by atoms with Gasteiger partial charge in [-0.25, -0.2) is 4.98 Å². The molecule has 76 valence electrons. The van der Waals surface area contributed by atoms with Crippen LogP contribution in [0.15, 0.2) is 12.4 Å². The Morgan fingerprint density at radius 3 is 3.00 bits per heavy atom. The smallest absolute Gasteiger partial charge is 0.229 e. The molecular formula is C9H14N4O. The minimum atomic E-state index is 0.0338. The summed E-state index contributed by atoms with van der Waals surface area (Å²) in [6.45, 7) is 3.82. The minimum absolute atomic E-state index is 0.0338. The summed E-state index contributed by atoms with van der Waals surface area (Å²) in [6.07, 6.45) is 3.30. The monoisotopic (exact) mass is 194 g/mol. The summed E-state index contributed by atoms with van der Waals surface area (Å²) in [5.74, 6) is 1.06. The fourth-order valence-electron chi connectivity index (χ4n) is 1.44. The van der Waals surface area contributed by atoms with Gasteiger partial charge in [0.1, 0.15) is 0 Å². The third kappa shape index (κ3) is 1.77. The van der Waals surface area contributed by atoms with Crippen LogP contribution in [-0.2, 0) is 4.79 Å². The number of carbonyl (C=O) groups is 1. The Labute approximate surface area is 82.3 Å². The third-order valence-electron chi connectivity index (χ3n) is 2.67. The van der Waals surface area contributed by atoms with Gasteiger partial charge in [0, 0.05) is 18.3 Å². The fourth-order valence-corrected chi connectivity index (χ4v) is 1.44. The summed E-state index contributed by atoms with van der Waals surface area (Å²) in [4.78, 5) is 18.4. The van der Waals surface area contributed by atoms with Crippen LogP contribution in [0, 0.1) is 11.8 Å². The Kier molecular flexibility index (Phi) is 2.49. The first-order valence-corrected chi connectivity index (χ1v) is 4.78. The summed E-state index contributed by atoms with van der Waals surface area (Å²) >= 11 is 0. The van der Waals surface area contributed by atoms with Crippen LogP contribution in [0.5, 0.6) is 0 Å². The standard InChI is InChI=1S/C9H14N4O/c1-6(7-4-10-5-7)8(14)13-9-11-2-3-12-9/h2-3,6-7,10H,4-5H2,1H3,(H2,11,12,13,14). The van der Waals surface area contributed by atoms with E-state index in [4.69, 9.17) is 0 Å². The molecule has 1 aromatic heterocycles. The minimum Gasteiger partial charge on any atom is -0.331 e. The second-order valence-electron chi connectivity index (χ2n) is 3.63. The number of aromatic amines is 1. The lowest BCUT2D eigenvalue weighted by Crippen LogP contribution is -2.48. The SMILES string of the molecule is CC(C(=O)Nc1ncc[nH]1)C1CNC1. The largest absolute Gasteiger partial charge is 0.331 e. The number of nitrogens with one attached hydrogen (secondary N) is 3. The van der Waals surface area contributed by atoms with Gasteiger partial charge in [0.2, 0.25) is 11.9 Å². The molecule has 1 aromatic rings. The van der Waals surface area contributed by atoms with Crippen LogP contribution in [0.2, 0.25) is 0 Å². The number of hydrogen-bond donors (Lipinski definition) is 3. The van der Waals surface area contributed by atoms with Crippen LogP contribution >= 0.6 is 0 Å². The van der Waals surface area contributed by atoms with Gasteiger partial charge < -0.3 is 10.3 Å². The van der Waals surface area contributed by atoms with Gasteiger partial charge in [0.15, 0.2) is 0 Å². The molecule has 1 fully saturated rings. The molecule has 1 amide bonds. The average molecular weight is 194 g/mol. The predicted molar refractivity (Wildman–Crippen MR) is 52.7 cm³/mol. The van der Waals surface area contributed by atoms with Crippen molar-refractivity contribution >= 4 is 11.9 Å². The molecule has 0 spiro atoms. The summed E-state index contributed by atoms with van der Waals surface area (Å²) in [6, 6.07) is 0. The second-order valence-corrected chi connectivity index (χ2v) is 3.63. The number of nitrogens with zero attached hydrogens (tertiary/aromatic N) is 1. The van der Waals surface area contributed by atoms with Gasteiger partial charge >= 0.3 is 0 Å². The molecule has 0 saturated carbocycles. The van der Waals surface area contributed by atoms with Crippen molar-refractivity contribution in [1.82, 2.24) is 15.3 Å². The molecule has 1 atom stereocenters. The van der Waals surface area contributed by atoms with Gasteiger partial charge in [-0.2, -0.15) is 0 Å². The zero-order valence-electron chi connectivity index (χ0n) is 8.08. The van der Waals surface area contributed by atoms with Crippen LogP contribution in [0.3, 0.4) is 0 Å². The lowest BCUT2D eigenvalue weighted by Gasteiger charge is -2.31. The third-order valence-corrected chi connectivity index (χ3v) is 2.67. The highest BCUT2D eigenvalue weighted by atomic mass is 16.2. The molecule has 0 aromatic carbocycles. The number of aromatic nitrogens is 2. The molecule has 5 nitrogen and oxygen atoms in total. The number of imidazole rings is 1. The molecule has 1 aliphatic heterocycles. The molecule has 0 aliphatic carbocycles. The number of anilines is 1. The second kappa shape index (κ2) is 3.79. The van der Waals surface area contributed by atoms with Crippen LogP contribution in [0.25, 0.3) is 0 Å². The van der Waals surface area contributed by atoms with Gasteiger partial charge in [0.25, 0.3) is 0 Å². The van der Waals surface area contributed by atoms with Crippen molar-refractivity contribution in [2.24, 2.45) is 11.8 Å². The zero-order chi connectivity index (χ0) is 9.97. The summed E-state index contributed by atoms with van der Waals surface area (Å²) in [5, 5.41) is 5.89. The van der Waals surface area contributed by atoms with E-state index in [0.29, 0.717) is 11.9 Å². The van der Waals surface area contributed by atoms with Crippen LogP contribution in [-0.4, -0.2) is 29.0 Å². The lowest BCUT2D eigenvalue weighted by atomic mass is 9.88. The van der Waals surface area contributed by atoms with E-state index in [2.05, 4.69) is 20.6 Å². The van der Waals surface area contributed by atoms with E-state index in [1.165, 1.54) is 0 Å². The van der Waals surface area contributed by atoms with Crippen molar-refractivity contribution in [3.63, 3.8) is 0 Å². The van der Waals surface area contributed by atoms with E-state index < -0.39 is 0 Å². The van der Waals surface area contributed by atoms with Gasteiger partial charge in [-0.1, -0.05) is 6.92 Å². The first kappa shape index (κ1) is 9.21. The lowest BCUT2D eigenvalue weighted by molar-refractivity contribution is -0.121. The zero-order valence-corrected chi connectivity index (χ0v) is 8.08. The van der Waals surface area contributed by atoms with E-state index in [9.17, 15) is 4.79 Å². The quantitative estimate of drug-likeness (QED) is 0.644. The van der Waals surface area contributed by atoms with E-state index in [1.807, 2.05) is 6.92 Å². The highest BCUT2D eigenvalue weighted by molar-refractivity contribution is 5.90. The van der Waals surface area contributed by atoms with Crippen molar-refractivity contribution in [1.29, 1.82) is 0 Å². The molecule has 2 rings (SSSR count). The van der Waals surface area contributed by atoms with Gasteiger partial charge in [-0.05, 0) is 19.0 Å². The maximum absolute atomic E-state index is 11.6. The van der Waals surface area contributed by atoms with E-state index >= 15 is 0 Å². The summed E-state index contributed by atoms with van der Waals surface area (Å²) in [7, 11) is 0. The Bertz CT molecular complexity index is 305. The van der Waals surface area contributed by atoms with E-state index in [0.717, 1.165) is 13.1 Å². The Morgan fingerprint density at radius 2 is 2.50 bits per heavy atom. The van der Waals surface area contributed by atoms with Crippen molar-refractivity contribution in [3.05, 3.63) is 12.4 Å². The Morgan fingerprint density at radius 1 is 1.71 bits per heavy atom. The van der Waals surface area contributed by atoms with Crippen molar-refractivity contribution in [2.45, 2.75) is 6.92 Å². The molecule has 1 aliphatic rings.